The van der Waals surface area contributed by atoms with Crippen molar-refractivity contribution in [1.29, 1.82) is 0 Å². The Kier molecular flexibility index (Phi) is 7.52. The molecule has 7 heterocycles. The zero-order valence-corrected chi connectivity index (χ0v) is 24.9. The number of fused-ring (bicyclic) bond motifs is 6. The number of carbonyl (C=O) groups excluding carboxylic acids is 2. The van der Waals surface area contributed by atoms with Crippen LogP contribution in [0, 0.1) is 5.92 Å². The molecule has 12 heteroatoms. The summed E-state index contributed by atoms with van der Waals surface area (Å²) in [7, 11) is 0. The van der Waals surface area contributed by atoms with E-state index >= 15 is 0 Å². The van der Waals surface area contributed by atoms with E-state index in [-0.39, 0.29) is 55.2 Å². The number of morpholine rings is 1. The lowest BCUT2D eigenvalue weighted by atomic mass is 9.99. The number of benzene rings is 1. The van der Waals surface area contributed by atoms with Gasteiger partial charge in [0.2, 0.25) is 11.8 Å². The van der Waals surface area contributed by atoms with Gasteiger partial charge in [-0.15, -0.1) is 0 Å². The molecule has 43 heavy (non-hydrogen) atoms. The van der Waals surface area contributed by atoms with Crippen molar-refractivity contribution in [1.82, 2.24) is 35.8 Å². The number of piperidine rings is 1. The zero-order valence-electron chi connectivity index (χ0n) is 24.9. The van der Waals surface area contributed by atoms with E-state index in [4.69, 9.17) is 4.74 Å². The van der Waals surface area contributed by atoms with E-state index in [0.717, 1.165) is 51.0 Å². The summed E-state index contributed by atoms with van der Waals surface area (Å²) in [5.74, 6) is -0.0274. The molecule has 0 radical (unpaired) electrons. The predicted molar refractivity (Wildman–Crippen MR) is 162 cm³/mol. The largest absolute Gasteiger partial charge is 0.369 e. The predicted octanol–water partition coefficient (Wildman–Crippen LogP) is 0.474. The Labute approximate surface area is 253 Å². The van der Waals surface area contributed by atoms with Crippen molar-refractivity contribution in [3.63, 3.8) is 0 Å². The lowest BCUT2D eigenvalue weighted by molar-refractivity contribution is -0.176. The second-order valence-corrected chi connectivity index (χ2v) is 13.1. The highest BCUT2D eigenvalue weighted by atomic mass is 16.5. The van der Waals surface area contributed by atoms with Crippen LogP contribution in [0.3, 0.4) is 0 Å². The van der Waals surface area contributed by atoms with Crippen molar-refractivity contribution < 1.29 is 14.3 Å². The van der Waals surface area contributed by atoms with Gasteiger partial charge in [0.15, 0.2) is 0 Å². The molecule has 0 aliphatic carbocycles. The van der Waals surface area contributed by atoms with E-state index in [1.54, 1.807) is 0 Å². The number of carbonyl (C=O) groups is 2. The van der Waals surface area contributed by atoms with Crippen LogP contribution in [0.1, 0.15) is 38.5 Å². The Balaban J connectivity index is 0.977. The molecule has 1 aromatic carbocycles. The second-order valence-electron chi connectivity index (χ2n) is 13.1. The maximum Gasteiger partial charge on any atom is 0.249 e. The van der Waals surface area contributed by atoms with Crippen molar-refractivity contribution in [3.8, 4) is 0 Å². The molecule has 12 nitrogen and oxygen atoms in total. The monoisotopic (exact) mass is 591 g/mol. The average molecular weight is 592 g/mol. The Hall–Kier alpha value is -2.74. The van der Waals surface area contributed by atoms with Crippen LogP contribution in [0.15, 0.2) is 36.4 Å². The molecule has 7 atom stereocenters. The molecule has 1 aromatic rings. The van der Waals surface area contributed by atoms with Gasteiger partial charge in [-0.05, 0) is 69.3 Å². The molecular weight excluding hydrogens is 546 g/mol. The molecule has 7 aliphatic rings. The van der Waals surface area contributed by atoms with Gasteiger partial charge in [-0.1, -0.05) is 12.2 Å². The standard InChI is InChI=1S/C31H45N9O3/c41-27-20-43-25-11-12-26-34-29(25)38(27)14-3-1-2-4-15-39-30(42)24-18-32-31(35-28(24)40(26)39)33-21-7-9-22(10-8-21)37-17-16-36-13-5-6-23(36)19-37/h2,4,7-10,23-26,28-29,31-35H,1,3,5-6,11-20H2/b4-2-. The Morgan fingerprint density at radius 1 is 0.907 bits per heavy atom. The highest BCUT2D eigenvalue weighted by molar-refractivity contribution is 5.82. The Morgan fingerprint density at radius 3 is 2.72 bits per heavy atom. The number of hydrazine groups is 1. The minimum atomic E-state index is -0.201. The molecule has 0 spiro atoms. The van der Waals surface area contributed by atoms with Gasteiger partial charge in [0.05, 0.1) is 30.9 Å². The third-order valence-electron chi connectivity index (χ3n) is 10.6. The molecule has 7 aliphatic heterocycles. The van der Waals surface area contributed by atoms with Crippen molar-refractivity contribution in [3.05, 3.63) is 36.4 Å². The Morgan fingerprint density at radius 2 is 1.81 bits per heavy atom. The number of hydrogen-bond donors (Lipinski definition) is 4. The third-order valence-corrected chi connectivity index (χ3v) is 10.6. The first-order chi connectivity index (χ1) is 21.1. The normalized spacial score (nSPS) is 37.7. The number of nitrogens with one attached hydrogen (secondary N) is 4. The fourth-order valence-corrected chi connectivity index (χ4v) is 8.33. The van der Waals surface area contributed by atoms with Crippen LogP contribution in [-0.4, -0.2) is 121 Å². The quantitative estimate of drug-likeness (QED) is 0.371. The first-order valence-corrected chi connectivity index (χ1v) is 16.4. The lowest BCUT2D eigenvalue weighted by Gasteiger charge is -2.50. The number of nitrogens with zero attached hydrogens (tertiary/aromatic N) is 5. The molecular formula is C31H45N9O3. The molecule has 8 rings (SSSR count). The number of allylic oxidation sites excluding steroid dienone is 1. The van der Waals surface area contributed by atoms with Crippen molar-refractivity contribution in [2.24, 2.45) is 5.92 Å². The van der Waals surface area contributed by atoms with Gasteiger partial charge in [-0.25, -0.2) is 0 Å². The van der Waals surface area contributed by atoms with E-state index in [2.05, 4.69) is 72.5 Å². The highest BCUT2D eigenvalue weighted by Crippen LogP contribution is 2.34. The van der Waals surface area contributed by atoms with Gasteiger partial charge >= 0.3 is 0 Å². The molecule has 0 saturated carbocycles. The fourth-order valence-electron chi connectivity index (χ4n) is 8.33. The second kappa shape index (κ2) is 11.6. The number of amides is 2. The number of hydrogen-bond acceptors (Lipinski definition) is 10. The summed E-state index contributed by atoms with van der Waals surface area (Å²) in [4.78, 5) is 33.7. The van der Waals surface area contributed by atoms with Crippen LogP contribution in [0.4, 0.5) is 11.4 Å². The van der Waals surface area contributed by atoms with Gasteiger partial charge < -0.3 is 19.9 Å². The zero-order chi connectivity index (χ0) is 28.9. The number of piperazine rings is 1. The van der Waals surface area contributed by atoms with E-state index in [1.807, 2.05) is 9.91 Å². The number of anilines is 2. The maximum atomic E-state index is 13.7. The maximum absolute atomic E-state index is 13.7. The van der Waals surface area contributed by atoms with Crippen molar-refractivity contribution in [2.45, 2.75) is 75.5 Å². The van der Waals surface area contributed by atoms with Crippen molar-refractivity contribution in [2.75, 3.05) is 62.6 Å². The average Bonchev–Trinajstić information content (AvgIpc) is 3.61. The summed E-state index contributed by atoms with van der Waals surface area (Å²) < 4.78 is 5.95. The van der Waals surface area contributed by atoms with Crippen LogP contribution in [0.2, 0.25) is 0 Å². The summed E-state index contributed by atoms with van der Waals surface area (Å²) in [5, 5.41) is 18.7. The SMILES string of the molecule is O=C1COC2CCC3NC2N1CCC/C=C\CN1C(=O)C2CNC(Nc4ccc(N5CCN6CCCC6C5)cc4)NC2N31. The highest BCUT2D eigenvalue weighted by Gasteiger charge is 2.53. The number of rotatable bonds is 3. The van der Waals surface area contributed by atoms with Crippen LogP contribution in [0.5, 0.6) is 0 Å². The third kappa shape index (κ3) is 5.21. The van der Waals surface area contributed by atoms with E-state index in [9.17, 15) is 9.59 Å². The molecule has 7 unspecified atom stereocenters. The van der Waals surface area contributed by atoms with Gasteiger partial charge in [0.1, 0.15) is 19.1 Å². The van der Waals surface area contributed by atoms with Gasteiger partial charge in [0.25, 0.3) is 0 Å². The fraction of sp³-hybridized carbons (Fsp3) is 0.677. The van der Waals surface area contributed by atoms with Crippen LogP contribution < -0.4 is 26.2 Å². The van der Waals surface area contributed by atoms with E-state index in [0.29, 0.717) is 25.7 Å². The van der Waals surface area contributed by atoms with Crippen LogP contribution >= 0.6 is 0 Å². The summed E-state index contributed by atoms with van der Waals surface area (Å²) in [6.07, 6.45) is 9.70. The molecule has 6 fully saturated rings. The molecule has 2 bridgehead atoms. The first kappa shape index (κ1) is 27.8. The number of ether oxygens (including phenoxy) is 1. The van der Waals surface area contributed by atoms with Gasteiger partial charge in [-0.3, -0.25) is 35.4 Å². The van der Waals surface area contributed by atoms with Crippen LogP contribution in [-0.2, 0) is 14.3 Å². The van der Waals surface area contributed by atoms with Gasteiger partial charge in [-0.2, -0.15) is 5.01 Å². The summed E-state index contributed by atoms with van der Waals surface area (Å²) in [6.45, 7) is 6.62. The minimum Gasteiger partial charge on any atom is -0.369 e. The van der Waals surface area contributed by atoms with E-state index in [1.165, 1.54) is 25.1 Å². The smallest absolute Gasteiger partial charge is 0.249 e. The van der Waals surface area contributed by atoms with Gasteiger partial charge in [0, 0.05) is 50.1 Å². The molecule has 232 valence electrons. The summed E-state index contributed by atoms with van der Waals surface area (Å²) in [6, 6.07) is 9.48. The molecule has 2 amide bonds. The molecule has 0 aromatic heterocycles. The topological polar surface area (TPSA) is 108 Å². The van der Waals surface area contributed by atoms with Crippen LogP contribution in [0.25, 0.3) is 0 Å². The first-order valence-electron chi connectivity index (χ1n) is 16.4. The minimum absolute atomic E-state index is 0.0182. The van der Waals surface area contributed by atoms with E-state index < -0.39 is 0 Å². The van der Waals surface area contributed by atoms with Crippen molar-refractivity contribution >= 4 is 23.2 Å². The summed E-state index contributed by atoms with van der Waals surface area (Å²) >= 11 is 0. The molecule has 4 N–H and O–H groups in total. The lowest BCUT2D eigenvalue weighted by Crippen LogP contribution is -2.72. The Bertz CT molecular complexity index is 1230. The summed E-state index contributed by atoms with van der Waals surface area (Å²) in [5.41, 5.74) is 2.32. The molecule has 6 saturated heterocycles.